The maximum absolute atomic E-state index is 13.9. The Kier molecular flexibility index (Phi) is 6.57. The fourth-order valence-corrected chi connectivity index (χ4v) is 3.61. The summed E-state index contributed by atoms with van der Waals surface area (Å²) in [4.78, 5) is 3.41. The van der Waals surface area contributed by atoms with Crippen LogP contribution in [-0.4, -0.2) is 50.5 Å². The zero-order chi connectivity index (χ0) is 20.1. The first-order chi connectivity index (χ1) is 13.3. The number of para-hydroxylation sites is 1. The van der Waals surface area contributed by atoms with Crippen molar-refractivity contribution in [1.29, 1.82) is 0 Å². The van der Waals surface area contributed by atoms with E-state index in [4.69, 9.17) is 4.74 Å². The maximum atomic E-state index is 13.9. The van der Waals surface area contributed by atoms with Gasteiger partial charge in [0.15, 0.2) is 0 Å². The number of rotatable bonds is 6. The average molecular weight is 388 g/mol. The normalized spacial score (nSPS) is 16.8. The monoisotopic (exact) mass is 387 g/mol. The van der Waals surface area contributed by atoms with E-state index in [0.29, 0.717) is 12.2 Å². The number of anilines is 1. The Balaban J connectivity index is 1.42. The number of hydrogen-bond donors (Lipinski definition) is 2. The van der Waals surface area contributed by atoms with E-state index >= 15 is 0 Å². The van der Waals surface area contributed by atoms with Crippen LogP contribution in [0.5, 0.6) is 5.75 Å². The Morgan fingerprint density at radius 1 is 1.07 bits per heavy atom. The van der Waals surface area contributed by atoms with Crippen LogP contribution in [0.4, 0.5) is 10.1 Å². The molecular formula is C23H32FN2O2+. The molecular weight excluding hydrogens is 355 g/mol. The molecule has 0 saturated carbocycles. The predicted molar refractivity (Wildman–Crippen MR) is 111 cm³/mol. The quantitative estimate of drug-likeness (QED) is 0.799. The summed E-state index contributed by atoms with van der Waals surface area (Å²) in [5.74, 6) is 0.614. The molecule has 2 N–H and O–H groups in total. The highest BCUT2D eigenvalue weighted by Gasteiger charge is 2.24. The molecule has 1 unspecified atom stereocenters. The van der Waals surface area contributed by atoms with E-state index in [1.54, 1.807) is 6.07 Å². The Labute approximate surface area is 167 Å². The second-order valence-electron chi connectivity index (χ2n) is 8.63. The first-order valence-electron chi connectivity index (χ1n) is 10.1. The minimum Gasteiger partial charge on any atom is -0.491 e. The van der Waals surface area contributed by atoms with Gasteiger partial charge < -0.3 is 19.6 Å². The summed E-state index contributed by atoms with van der Waals surface area (Å²) in [5, 5.41) is 10.4. The molecule has 0 radical (unpaired) electrons. The standard InChI is InChI=1S/C23H31FN2O2/c1-23(2,3)18-8-10-20(11-9-18)28-17-19(27)16-25-12-14-26(15-13-25)22-7-5-4-6-21(22)24/h4-11,19,27H,12-17H2,1-3H3/p+1. The third-order valence-electron chi connectivity index (χ3n) is 5.35. The summed E-state index contributed by atoms with van der Waals surface area (Å²) in [7, 11) is 0. The molecule has 1 saturated heterocycles. The van der Waals surface area contributed by atoms with E-state index in [0.717, 1.165) is 31.9 Å². The van der Waals surface area contributed by atoms with Gasteiger partial charge in [-0.1, -0.05) is 45.0 Å². The lowest BCUT2D eigenvalue weighted by atomic mass is 9.87. The number of ether oxygens (including phenoxy) is 1. The molecule has 0 spiro atoms. The summed E-state index contributed by atoms with van der Waals surface area (Å²) in [5.41, 5.74) is 2.05. The van der Waals surface area contributed by atoms with Crippen LogP contribution in [0.15, 0.2) is 48.5 Å². The SMILES string of the molecule is CC(C)(C)c1ccc(OCC(O)C[NH+]2CCN(c3ccccc3F)CC2)cc1. The van der Waals surface area contributed by atoms with E-state index in [9.17, 15) is 9.50 Å². The number of aliphatic hydroxyl groups excluding tert-OH is 1. The van der Waals surface area contributed by atoms with Gasteiger partial charge in [-0.3, -0.25) is 0 Å². The highest BCUT2D eigenvalue weighted by atomic mass is 19.1. The van der Waals surface area contributed by atoms with Crippen LogP contribution >= 0.6 is 0 Å². The molecule has 4 nitrogen and oxygen atoms in total. The number of nitrogens with zero attached hydrogens (tertiary/aromatic N) is 1. The second kappa shape index (κ2) is 8.93. The van der Waals surface area contributed by atoms with Crippen molar-refractivity contribution in [3.63, 3.8) is 0 Å². The zero-order valence-corrected chi connectivity index (χ0v) is 17.1. The lowest BCUT2D eigenvalue weighted by Gasteiger charge is -2.34. The van der Waals surface area contributed by atoms with Crippen LogP contribution < -0.4 is 14.5 Å². The van der Waals surface area contributed by atoms with Gasteiger partial charge in [0.1, 0.15) is 30.8 Å². The van der Waals surface area contributed by atoms with Crippen molar-refractivity contribution in [1.82, 2.24) is 0 Å². The third-order valence-corrected chi connectivity index (χ3v) is 5.35. The van der Waals surface area contributed by atoms with Crippen LogP contribution in [0.25, 0.3) is 0 Å². The highest BCUT2D eigenvalue weighted by Crippen LogP contribution is 2.24. The van der Waals surface area contributed by atoms with Crippen molar-refractivity contribution in [3.05, 3.63) is 59.9 Å². The molecule has 2 aromatic rings. The first-order valence-corrected chi connectivity index (χ1v) is 10.1. The lowest BCUT2D eigenvalue weighted by molar-refractivity contribution is -0.903. The fraction of sp³-hybridized carbons (Fsp3) is 0.478. The Bertz CT molecular complexity index is 750. The minimum atomic E-state index is -0.516. The molecule has 1 aliphatic heterocycles. The molecule has 0 amide bonds. The molecule has 2 aromatic carbocycles. The zero-order valence-electron chi connectivity index (χ0n) is 17.1. The second-order valence-corrected chi connectivity index (χ2v) is 8.63. The third kappa shape index (κ3) is 5.46. The Hall–Kier alpha value is -2.11. The fourth-order valence-electron chi connectivity index (χ4n) is 3.61. The van der Waals surface area contributed by atoms with Crippen LogP contribution in [0.1, 0.15) is 26.3 Å². The summed E-state index contributed by atoms with van der Waals surface area (Å²) >= 11 is 0. The van der Waals surface area contributed by atoms with Crippen LogP contribution in [0.3, 0.4) is 0 Å². The van der Waals surface area contributed by atoms with Crippen molar-refractivity contribution >= 4 is 5.69 Å². The smallest absolute Gasteiger partial charge is 0.146 e. The van der Waals surface area contributed by atoms with Gasteiger partial charge >= 0.3 is 0 Å². The van der Waals surface area contributed by atoms with Crippen molar-refractivity contribution < 1.29 is 19.1 Å². The van der Waals surface area contributed by atoms with E-state index in [1.165, 1.54) is 16.5 Å². The molecule has 0 aliphatic carbocycles. The van der Waals surface area contributed by atoms with Gasteiger partial charge in [0, 0.05) is 0 Å². The number of benzene rings is 2. The molecule has 1 heterocycles. The summed E-state index contributed by atoms with van der Waals surface area (Å²) in [6.45, 7) is 10.8. The lowest BCUT2D eigenvalue weighted by Crippen LogP contribution is -3.16. The number of hydrogen-bond acceptors (Lipinski definition) is 3. The Morgan fingerprint density at radius 3 is 2.32 bits per heavy atom. The van der Waals surface area contributed by atoms with Gasteiger partial charge in [0.25, 0.3) is 0 Å². The highest BCUT2D eigenvalue weighted by molar-refractivity contribution is 5.47. The minimum absolute atomic E-state index is 0.117. The number of aliphatic hydroxyl groups is 1. The number of halogens is 1. The van der Waals surface area contributed by atoms with E-state index in [1.807, 2.05) is 24.3 Å². The Morgan fingerprint density at radius 2 is 1.71 bits per heavy atom. The molecule has 1 atom stereocenters. The van der Waals surface area contributed by atoms with Crippen LogP contribution in [0.2, 0.25) is 0 Å². The summed E-state index contributed by atoms with van der Waals surface area (Å²) in [6.07, 6.45) is -0.516. The van der Waals surface area contributed by atoms with Gasteiger partial charge in [-0.25, -0.2) is 4.39 Å². The van der Waals surface area contributed by atoms with Crippen molar-refractivity contribution in [2.75, 3.05) is 44.2 Å². The van der Waals surface area contributed by atoms with Crippen molar-refractivity contribution in [2.45, 2.75) is 32.3 Å². The van der Waals surface area contributed by atoms with Gasteiger partial charge in [0.2, 0.25) is 0 Å². The molecule has 28 heavy (non-hydrogen) atoms. The topological polar surface area (TPSA) is 37.1 Å². The molecule has 5 heteroatoms. The first kappa shape index (κ1) is 20.6. The molecule has 152 valence electrons. The summed E-state index contributed by atoms with van der Waals surface area (Å²) in [6, 6.07) is 15.0. The van der Waals surface area contributed by atoms with Gasteiger partial charge in [-0.15, -0.1) is 0 Å². The van der Waals surface area contributed by atoms with Crippen LogP contribution in [0, 0.1) is 5.82 Å². The molecule has 0 bridgehead atoms. The number of nitrogens with one attached hydrogen (secondary N) is 1. The molecule has 1 aliphatic rings. The van der Waals surface area contributed by atoms with Gasteiger partial charge in [0.05, 0.1) is 31.9 Å². The number of quaternary nitrogens is 1. The molecule has 0 aromatic heterocycles. The largest absolute Gasteiger partial charge is 0.491 e. The predicted octanol–water partition coefficient (Wildman–Crippen LogP) is 2.27. The maximum Gasteiger partial charge on any atom is 0.146 e. The molecule has 1 fully saturated rings. The van der Waals surface area contributed by atoms with E-state index < -0.39 is 6.10 Å². The molecule has 3 rings (SSSR count). The van der Waals surface area contributed by atoms with Crippen LogP contribution in [-0.2, 0) is 5.41 Å². The average Bonchev–Trinajstić information content (AvgIpc) is 2.67. The van der Waals surface area contributed by atoms with E-state index in [2.05, 4.69) is 37.8 Å². The van der Waals surface area contributed by atoms with Crippen molar-refractivity contribution in [3.8, 4) is 5.75 Å². The van der Waals surface area contributed by atoms with Gasteiger partial charge in [-0.05, 0) is 35.2 Å². The summed E-state index contributed by atoms with van der Waals surface area (Å²) < 4.78 is 19.7. The van der Waals surface area contributed by atoms with Crippen molar-refractivity contribution in [2.24, 2.45) is 0 Å². The van der Waals surface area contributed by atoms with E-state index in [-0.39, 0.29) is 17.8 Å². The van der Waals surface area contributed by atoms with Gasteiger partial charge in [-0.2, -0.15) is 0 Å². The number of piperazine rings is 1.